The number of benzene rings is 1. The van der Waals surface area contributed by atoms with Gasteiger partial charge in [-0.2, -0.15) is 0 Å². The Morgan fingerprint density at radius 3 is 2.67 bits per heavy atom. The number of carboxylic acid groups (broad SMARTS) is 1. The summed E-state index contributed by atoms with van der Waals surface area (Å²) >= 11 is 0. The van der Waals surface area contributed by atoms with Crippen LogP contribution in [-0.4, -0.2) is 21.0 Å². The van der Waals surface area contributed by atoms with Crippen LogP contribution in [0.5, 0.6) is 0 Å². The van der Waals surface area contributed by atoms with Crippen LogP contribution in [-0.2, 0) is 0 Å². The third kappa shape index (κ3) is 2.82. The van der Waals surface area contributed by atoms with Crippen molar-refractivity contribution in [1.82, 2.24) is 9.97 Å². The highest BCUT2D eigenvalue weighted by molar-refractivity contribution is 5.86. The van der Waals surface area contributed by atoms with E-state index in [9.17, 15) is 4.79 Å². The minimum absolute atomic E-state index is 0.0206. The first-order valence-electron chi connectivity index (χ1n) is 5.53. The van der Waals surface area contributed by atoms with Crippen LogP contribution in [0.2, 0.25) is 0 Å². The van der Waals surface area contributed by atoms with E-state index in [4.69, 9.17) is 5.11 Å². The van der Waals surface area contributed by atoms with Crippen molar-refractivity contribution in [2.45, 2.75) is 13.0 Å². The van der Waals surface area contributed by atoms with E-state index in [-0.39, 0.29) is 11.7 Å². The molecule has 0 saturated heterocycles. The molecule has 5 heteroatoms. The summed E-state index contributed by atoms with van der Waals surface area (Å²) in [5.41, 5.74) is 1.08. The van der Waals surface area contributed by atoms with Gasteiger partial charge in [0.05, 0.1) is 0 Å². The van der Waals surface area contributed by atoms with E-state index < -0.39 is 5.97 Å². The molecule has 1 heterocycles. The highest BCUT2D eigenvalue weighted by Crippen LogP contribution is 2.17. The summed E-state index contributed by atoms with van der Waals surface area (Å²) in [5.74, 6) is -0.563. The van der Waals surface area contributed by atoms with E-state index in [2.05, 4.69) is 15.3 Å². The Morgan fingerprint density at radius 2 is 2.00 bits per heavy atom. The summed E-state index contributed by atoms with van der Waals surface area (Å²) in [6.45, 7) is 1.98. The van der Waals surface area contributed by atoms with Crippen LogP contribution in [0.25, 0.3) is 0 Å². The molecule has 5 nitrogen and oxygen atoms in total. The van der Waals surface area contributed by atoms with Crippen LogP contribution in [0, 0.1) is 0 Å². The fourth-order valence-corrected chi connectivity index (χ4v) is 1.60. The maximum Gasteiger partial charge on any atom is 0.354 e. The van der Waals surface area contributed by atoms with Gasteiger partial charge in [0.25, 0.3) is 0 Å². The molecule has 0 radical (unpaired) electrons. The molecule has 0 aliphatic carbocycles. The van der Waals surface area contributed by atoms with E-state index in [1.165, 1.54) is 12.4 Å². The van der Waals surface area contributed by atoms with Gasteiger partial charge in [-0.3, -0.25) is 0 Å². The van der Waals surface area contributed by atoms with Crippen molar-refractivity contribution in [3.05, 3.63) is 54.0 Å². The van der Waals surface area contributed by atoms with Gasteiger partial charge in [0.1, 0.15) is 12.1 Å². The molecule has 18 heavy (non-hydrogen) atoms. The Labute approximate surface area is 105 Å². The summed E-state index contributed by atoms with van der Waals surface area (Å²) in [6, 6.07) is 11.3. The molecule has 2 rings (SSSR count). The quantitative estimate of drug-likeness (QED) is 0.862. The van der Waals surface area contributed by atoms with Crippen molar-refractivity contribution < 1.29 is 9.90 Å². The first-order chi connectivity index (χ1) is 8.66. The first kappa shape index (κ1) is 12.0. The molecule has 0 fully saturated rings. The Bertz CT molecular complexity index is 543. The molecule has 0 spiro atoms. The zero-order chi connectivity index (χ0) is 13.0. The molecule has 1 aromatic carbocycles. The van der Waals surface area contributed by atoms with Gasteiger partial charge < -0.3 is 10.4 Å². The summed E-state index contributed by atoms with van der Waals surface area (Å²) in [6.07, 6.45) is 1.24. The SMILES string of the molecule is CC(Nc1cc(C(=O)O)ncn1)c1ccccc1. The number of rotatable bonds is 4. The molecule has 2 aromatic rings. The third-order valence-electron chi connectivity index (χ3n) is 2.55. The molecule has 1 aromatic heterocycles. The van der Waals surface area contributed by atoms with Gasteiger partial charge in [-0.15, -0.1) is 0 Å². The highest BCUT2D eigenvalue weighted by atomic mass is 16.4. The van der Waals surface area contributed by atoms with Crippen molar-refractivity contribution in [2.24, 2.45) is 0 Å². The zero-order valence-electron chi connectivity index (χ0n) is 9.87. The first-order valence-corrected chi connectivity index (χ1v) is 5.53. The number of aromatic carboxylic acids is 1. The second kappa shape index (κ2) is 5.27. The molecule has 0 bridgehead atoms. The minimum Gasteiger partial charge on any atom is -0.477 e. The fraction of sp³-hybridized carbons (Fsp3) is 0.154. The van der Waals surface area contributed by atoms with E-state index in [0.717, 1.165) is 5.56 Å². The molecule has 92 valence electrons. The molecule has 2 N–H and O–H groups in total. The van der Waals surface area contributed by atoms with Gasteiger partial charge in [-0.05, 0) is 12.5 Å². The lowest BCUT2D eigenvalue weighted by Gasteiger charge is -2.14. The lowest BCUT2D eigenvalue weighted by Crippen LogP contribution is -2.09. The number of carbonyl (C=O) groups is 1. The third-order valence-corrected chi connectivity index (χ3v) is 2.55. The topological polar surface area (TPSA) is 75.1 Å². The lowest BCUT2D eigenvalue weighted by molar-refractivity contribution is 0.0690. The van der Waals surface area contributed by atoms with Gasteiger partial charge in [-0.1, -0.05) is 30.3 Å². The number of nitrogens with zero attached hydrogens (tertiary/aromatic N) is 2. The Morgan fingerprint density at radius 1 is 1.28 bits per heavy atom. The molecular formula is C13H13N3O2. The van der Waals surface area contributed by atoms with E-state index in [1.807, 2.05) is 37.3 Å². The normalized spacial score (nSPS) is 11.8. The number of hydrogen-bond donors (Lipinski definition) is 2. The minimum atomic E-state index is -1.06. The van der Waals surface area contributed by atoms with E-state index >= 15 is 0 Å². The zero-order valence-corrected chi connectivity index (χ0v) is 9.87. The lowest BCUT2D eigenvalue weighted by atomic mass is 10.1. The Kier molecular flexibility index (Phi) is 3.52. The van der Waals surface area contributed by atoms with Gasteiger partial charge >= 0.3 is 5.97 Å². The molecule has 0 aliphatic heterocycles. The van der Waals surface area contributed by atoms with E-state index in [0.29, 0.717) is 5.82 Å². The van der Waals surface area contributed by atoms with Gasteiger partial charge in [0.2, 0.25) is 0 Å². The predicted octanol–water partition coefficient (Wildman–Crippen LogP) is 2.35. The van der Waals surface area contributed by atoms with Crippen molar-refractivity contribution in [3.63, 3.8) is 0 Å². The van der Waals surface area contributed by atoms with Crippen molar-refractivity contribution >= 4 is 11.8 Å². The number of carboxylic acids is 1. The van der Waals surface area contributed by atoms with E-state index in [1.54, 1.807) is 0 Å². The second-order valence-electron chi connectivity index (χ2n) is 3.87. The molecule has 0 amide bonds. The number of anilines is 1. The smallest absolute Gasteiger partial charge is 0.354 e. The van der Waals surface area contributed by atoms with Crippen LogP contribution in [0.4, 0.5) is 5.82 Å². The summed E-state index contributed by atoms with van der Waals surface area (Å²) in [4.78, 5) is 18.5. The van der Waals surface area contributed by atoms with Crippen LogP contribution in [0.1, 0.15) is 29.0 Å². The average Bonchev–Trinajstić information content (AvgIpc) is 2.40. The van der Waals surface area contributed by atoms with Gasteiger partial charge in [0.15, 0.2) is 5.69 Å². The van der Waals surface area contributed by atoms with Crippen LogP contribution >= 0.6 is 0 Å². The molecule has 1 atom stereocenters. The average molecular weight is 243 g/mol. The van der Waals surface area contributed by atoms with Crippen LogP contribution in [0.15, 0.2) is 42.7 Å². The van der Waals surface area contributed by atoms with Crippen LogP contribution in [0.3, 0.4) is 0 Å². The number of hydrogen-bond acceptors (Lipinski definition) is 4. The standard InChI is InChI=1S/C13H13N3O2/c1-9(10-5-3-2-4-6-10)16-12-7-11(13(17)18)14-8-15-12/h2-9H,1H3,(H,17,18)(H,14,15,16). The predicted molar refractivity (Wildman–Crippen MR) is 67.5 cm³/mol. The number of aromatic nitrogens is 2. The van der Waals surface area contributed by atoms with Crippen molar-refractivity contribution in [2.75, 3.05) is 5.32 Å². The highest BCUT2D eigenvalue weighted by Gasteiger charge is 2.09. The summed E-state index contributed by atoms with van der Waals surface area (Å²) < 4.78 is 0. The monoisotopic (exact) mass is 243 g/mol. The molecule has 0 saturated carbocycles. The fourth-order valence-electron chi connectivity index (χ4n) is 1.60. The maximum atomic E-state index is 10.8. The molecule has 1 unspecified atom stereocenters. The van der Waals surface area contributed by atoms with Gasteiger partial charge in [0, 0.05) is 12.1 Å². The molecule has 0 aliphatic rings. The second-order valence-corrected chi connectivity index (χ2v) is 3.87. The van der Waals surface area contributed by atoms with Gasteiger partial charge in [-0.25, -0.2) is 14.8 Å². The molecular weight excluding hydrogens is 230 g/mol. The summed E-state index contributed by atoms with van der Waals surface area (Å²) in [7, 11) is 0. The number of nitrogens with one attached hydrogen (secondary N) is 1. The van der Waals surface area contributed by atoms with Crippen molar-refractivity contribution in [3.8, 4) is 0 Å². The van der Waals surface area contributed by atoms with Crippen LogP contribution < -0.4 is 5.32 Å². The largest absolute Gasteiger partial charge is 0.477 e. The summed E-state index contributed by atoms with van der Waals surface area (Å²) in [5, 5.41) is 12.0. The Hall–Kier alpha value is -2.43. The Balaban J connectivity index is 2.14. The van der Waals surface area contributed by atoms with Crippen molar-refractivity contribution in [1.29, 1.82) is 0 Å². The maximum absolute atomic E-state index is 10.8.